The van der Waals surface area contributed by atoms with E-state index >= 15 is 0 Å². The van der Waals surface area contributed by atoms with Crippen molar-refractivity contribution in [3.63, 3.8) is 0 Å². The smallest absolute Gasteiger partial charge is 0.414 e. The molecule has 1 aliphatic rings. The monoisotopic (exact) mass is 378 g/mol. The largest absolute Gasteiger partial charge is 0.497 e. The lowest BCUT2D eigenvalue weighted by atomic mass is 10.2. The molecule has 27 heavy (non-hydrogen) atoms. The molecule has 148 valence electrons. The van der Waals surface area contributed by atoms with Gasteiger partial charge in [-0.25, -0.2) is 14.6 Å². The van der Waals surface area contributed by atoms with Crippen molar-refractivity contribution in [2.45, 2.75) is 38.9 Å². The zero-order valence-electron chi connectivity index (χ0n) is 16.0. The Balaban J connectivity index is 1.81. The van der Waals surface area contributed by atoms with E-state index < -0.39 is 23.9 Å². The average Bonchev–Trinajstić information content (AvgIpc) is 3.02. The summed E-state index contributed by atoms with van der Waals surface area (Å²) in [6.07, 6.45) is -1.04. The molecular weight excluding hydrogens is 352 g/mol. The summed E-state index contributed by atoms with van der Waals surface area (Å²) < 4.78 is 15.7. The summed E-state index contributed by atoms with van der Waals surface area (Å²) in [5.74, 6) is 0.600. The lowest BCUT2D eigenvalue weighted by molar-refractivity contribution is 0.0260. The maximum Gasteiger partial charge on any atom is 0.414 e. The van der Waals surface area contributed by atoms with Gasteiger partial charge in [0.15, 0.2) is 0 Å². The van der Waals surface area contributed by atoms with Crippen LogP contribution in [0.4, 0.5) is 15.3 Å². The summed E-state index contributed by atoms with van der Waals surface area (Å²) in [6.45, 7) is 6.13. The predicted molar refractivity (Wildman–Crippen MR) is 100 cm³/mol. The van der Waals surface area contributed by atoms with E-state index in [1.165, 1.54) is 4.90 Å². The standard InChI is InChI=1S/C18H26N4O5/c1-18(2,3)27-17(24)22-10-9-14(11-22)26-16(23)21-15(19)20-12-5-7-13(25-4)8-6-12/h5-8,14H,9-11H2,1-4H3,(H3,19,20,21,23). The highest BCUT2D eigenvalue weighted by Crippen LogP contribution is 2.18. The summed E-state index contributed by atoms with van der Waals surface area (Å²) in [4.78, 5) is 29.6. The summed E-state index contributed by atoms with van der Waals surface area (Å²) in [7, 11) is 1.57. The van der Waals surface area contributed by atoms with Gasteiger partial charge >= 0.3 is 12.2 Å². The van der Waals surface area contributed by atoms with Crippen LogP contribution in [0.1, 0.15) is 27.2 Å². The Morgan fingerprint density at radius 3 is 2.52 bits per heavy atom. The maximum absolute atomic E-state index is 12.0. The average molecular weight is 378 g/mol. The van der Waals surface area contributed by atoms with Gasteiger partial charge in [0.05, 0.1) is 19.3 Å². The summed E-state index contributed by atoms with van der Waals surface area (Å²) in [6, 6.07) is 6.87. The number of rotatable bonds is 3. The highest BCUT2D eigenvalue weighted by Gasteiger charge is 2.31. The Morgan fingerprint density at radius 2 is 1.93 bits per heavy atom. The third-order valence-electron chi connectivity index (χ3n) is 3.62. The second-order valence-corrected chi connectivity index (χ2v) is 7.06. The molecule has 1 heterocycles. The summed E-state index contributed by atoms with van der Waals surface area (Å²) in [5.41, 5.74) is 5.71. The number of hydrogen-bond donors (Lipinski definition) is 2. The van der Waals surface area contributed by atoms with Crippen LogP contribution in [0.2, 0.25) is 0 Å². The number of aliphatic imine (C=N–C) groups is 1. The molecule has 9 nitrogen and oxygen atoms in total. The molecular formula is C18H26N4O5. The van der Waals surface area contributed by atoms with Crippen LogP contribution in [0.25, 0.3) is 0 Å². The highest BCUT2D eigenvalue weighted by atomic mass is 16.6. The molecule has 2 rings (SSSR count). The number of amides is 2. The number of carbonyl (C=O) groups is 2. The van der Waals surface area contributed by atoms with Crippen LogP contribution in [0.15, 0.2) is 29.3 Å². The van der Waals surface area contributed by atoms with Crippen molar-refractivity contribution >= 4 is 23.8 Å². The molecule has 0 aromatic heterocycles. The van der Waals surface area contributed by atoms with Crippen LogP contribution in [0, 0.1) is 0 Å². The number of likely N-dealkylation sites (tertiary alicyclic amines) is 1. The van der Waals surface area contributed by atoms with Crippen LogP contribution in [0.3, 0.4) is 0 Å². The molecule has 0 spiro atoms. The second-order valence-electron chi connectivity index (χ2n) is 7.06. The molecule has 0 bridgehead atoms. The molecule has 1 aromatic carbocycles. The van der Waals surface area contributed by atoms with Crippen molar-refractivity contribution in [1.82, 2.24) is 10.2 Å². The molecule has 1 unspecified atom stereocenters. The molecule has 1 aliphatic heterocycles. The Labute approximate surface area is 158 Å². The minimum atomic E-state index is -0.721. The first kappa shape index (κ1) is 20.3. The number of hydrogen-bond acceptors (Lipinski definition) is 6. The van der Waals surface area contributed by atoms with E-state index in [0.717, 1.165) is 0 Å². The van der Waals surface area contributed by atoms with Gasteiger partial charge in [-0.1, -0.05) is 0 Å². The van der Waals surface area contributed by atoms with E-state index in [0.29, 0.717) is 24.4 Å². The van der Waals surface area contributed by atoms with Gasteiger partial charge in [0.1, 0.15) is 17.5 Å². The minimum Gasteiger partial charge on any atom is -0.497 e. The van der Waals surface area contributed by atoms with Crippen molar-refractivity contribution in [2.75, 3.05) is 20.2 Å². The van der Waals surface area contributed by atoms with E-state index in [-0.39, 0.29) is 12.5 Å². The van der Waals surface area contributed by atoms with Crippen LogP contribution >= 0.6 is 0 Å². The Morgan fingerprint density at radius 1 is 1.26 bits per heavy atom. The first-order valence-electron chi connectivity index (χ1n) is 8.60. The number of nitrogens with two attached hydrogens (primary N) is 1. The Kier molecular flexibility index (Phi) is 6.49. The topological polar surface area (TPSA) is 115 Å². The quantitative estimate of drug-likeness (QED) is 0.616. The lowest BCUT2D eigenvalue weighted by Crippen LogP contribution is -2.40. The molecule has 1 saturated heterocycles. The first-order chi connectivity index (χ1) is 12.7. The number of nitrogens with zero attached hydrogens (tertiary/aromatic N) is 2. The minimum absolute atomic E-state index is 0.0906. The van der Waals surface area contributed by atoms with Gasteiger partial charge in [-0.2, -0.15) is 0 Å². The van der Waals surface area contributed by atoms with Gasteiger partial charge in [0.2, 0.25) is 5.96 Å². The van der Waals surface area contributed by atoms with Gasteiger partial charge in [-0.05, 0) is 45.0 Å². The second kappa shape index (κ2) is 8.61. The maximum atomic E-state index is 12.0. The van der Waals surface area contributed by atoms with Gasteiger partial charge in [0.25, 0.3) is 0 Å². The normalized spacial score (nSPS) is 17.4. The first-order valence-corrected chi connectivity index (χ1v) is 8.60. The zero-order chi connectivity index (χ0) is 20.0. The van der Waals surface area contributed by atoms with Gasteiger partial charge in [0, 0.05) is 13.0 Å². The van der Waals surface area contributed by atoms with Gasteiger partial charge in [-0.3, -0.25) is 5.32 Å². The number of methoxy groups -OCH3 is 1. The van der Waals surface area contributed by atoms with E-state index in [1.54, 1.807) is 52.1 Å². The third kappa shape index (κ3) is 6.69. The summed E-state index contributed by atoms with van der Waals surface area (Å²) >= 11 is 0. The van der Waals surface area contributed by atoms with Gasteiger partial charge < -0.3 is 24.8 Å². The fourth-order valence-electron chi connectivity index (χ4n) is 2.43. The van der Waals surface area contributed by atoms with E-state index in [4.69, 9.17) is 19.9 Å². The molecule has 0 saturated carbocycles. The van der Waals surface area contributed by atoms with Crippen LogP contribution in [-0.4, -0.2) is 55.0 Å². The number of carbonyl (C=O) groups excluding carboxylic acids is 2. The van der Waals surface area contributed by atoms with Crippen LogP contribution in [0.5, 0.6) is 5.75 Å². The Hall–Kier alpha value is -2.97. The fourth-order valence-corrected chi connectivity index (χ4v) is 2.43. The van der Waals surface area contributed by atoms with Crippen LogP contribution in [-0.2, 0) is 9.47 Å². The zero-order valence-corrected chi connectivity index (χ0v) is 16.0. The number of guanidine groups is 1. The Bertz CT molecular complexity index is 697. The molecule has 1 fully saturated rings. The van der Waals surface area contributed by atoms with Crippen molar-refractivity contribution < 1.29 is 23.8 Å². The molecule has 9 heteroatoms. The number of alkyl carbamates (subject to hydrolysis) is 1. The fraction of sp³-hybridized carbons (Fsp3) is 0.500. The van der Waals surface area contributed by atoms with Crippen molar-refractivity contribution in [3.8, 4) is 5.75 Å². The summed E-state index contributed by atoms with van der Waals surface area (Å²) in [5, 5.41) is 2.37. The van der Waals surface area contributed by atoms with E-state index in [2.05, 4.69) is 10.3 Å². The number of nitrogens with one attached hydrogen (secondary N) is 1. The number of benzene rings is 1. The van der Waals surface area contributed by atoms with E-state index in [1.807, 2.05) is 0 Å². The lowest BCUT2D eigenvalue weighted by Gasteiger charge is -2.24. The van der Waals surface area contributed by atoms with Crippen molar-refractivity contribution in [3.05, 3.63) is 24.3 Å². The molecule has 1 aromatic rings. The third-order valence-corrected chi connectivity index (χ3v) is 3.62. The molecule has 1 atom stereocenters. The number of ether oxygens (including phenoxy) is 3. The van der Waals surface area contributed by atoms with E-state index in [9.17, 15) is 9.59 Å². The predicted octanol–water partition coefficient (Wildman–Crippen LogP) is 2.38. The molecule has 2 amide bonds. The SMILES string of the molecule is COc1ccc(N=C(N)NC(=O)OC2CCN(C(=O)OC(C)(C)C)C2)cc1. The van der Waals surface area contributed by atoms with Crippen molar-refractivity contribution in [2.24, 2.45) is 10.7 Å². The van der Waals surface area contributed by atoms with Crippen molar-refractivity contribution in [1.29, 1.82) is 0 Å². The van der Waals surface area contributed by atoms with Gasteiger partial charge in [-0.15, -0.1) is 0 Å². The highest BCUT2D eigenvalue weighted by molar-refractivity contribution is 5.94. The molecule has 0 aliphatic carbocycles. The van der Waals surface area contributed by atoms with Crippen LogP contribution < -0.4 is 15.8 Å². The molecule has 3 N–H and O–H groups in total. The molecule has 0 radical (unpaired) electrons.